The van der Waals surface area contributed by atoms with Crippen molar-refractivity contribution in [2.45, 2.75) is 19.8 Å². The van der Waals surface area contributed by atoms with Crippen LogP contribution in [0.5, 0.6) is 5.75 Å². The first-order valence-electron chi connectivity index (χ1n) is 9.44. The molecule has 1 fully saturated rings. The first-order valence-corrected chi connectivity index (χ1v) is 9.81. The highest BCUT2D eigenvalue weighted by Gasteiger charge is 2.15. The number of aromatic nitrogens is 1. The number of amides is 1. The van der Waals surface area contributed by atoms with Gasteiger partial charge in [-0.2, -0.15) is 0 Å². The van der Waals surface area contributed by atoms with Crippen LogP contribution in [0.15, 0.2) is 48.5 Å². The Morgan fingerprint density at radius 2 is 2.00 bits per heavy atom. The summed E-state index contributed by atoms with van der Waals surface area (Å²) >= 11 is 6.11. The number of ether oxygens (including phenoxy) is 1. The van der Waals surface area contributed by atoms with Crippen molar-refractivity contribution in [3.05, 3.63) is 59.1 Å². The van der Waals surface area contributed by atoms with Gasteiger partial charge in [-0.1, -0.05) is 29.8 Å². The van der Waals surface area contributed by atoms with Crippen molar-refractivity contribution >= 4 is 39.9 Å². The Morgan fingerprint density at radius 3 is 2.79 bits per heavy atom. The van der Waals surface area contributed by atoms with Crippen LogP contribution >= 0.6 is 11.6 Å². The normalized spacial score (nSPS) is 13.7. The lowest BCUT2D eigenvalue weighted by Gasteiger charge is -2.17. The Morgan fingerprint density at radius 1 is 1.18 bits per heavy atom. The highest BCUT2D eigenvalue weighted by atomic mass is 35.5. The molecule has 1 aliphatic rings. The van der Waals surface area contributed by atoms with Crippen LogP contribution < -0.4 is 15.0 Å². The minimum absolute atomic E-state index is 0.0970. The molecule has 1 aliphatic heterocycles. The second-order valence-electron chi connectivity index (χ2n) is 6.99. The minimum atomic E-state index is -0.243. The highest BCUT2D eigenvalue weighted by molar-refractivity contribution is 6.31. The van der Waals surface area contributed by atoms with Crippen molar-refractivity contribution in [1.82, 2.24) is 4.98 Å². The van der Waals surface area contributed by atoms with Crippen molar-refractivity contribution in [2.24, 2.45) is 0 Å². The van der Waals surface area contributed by atoms with Crippen LogP contribution in [0.1, 0.15) is 18.4 Å². The molecular weight excluding hydrogens is 374 g/mol. The van der Waals surface area contributed by atoms with Gasteiger partial charge in [0.1, 0.15) is 17.1 Å². The van der Waals surface area contributed by atoms with E-state index in [0.29, 0.717) is 16.5 Å². The maximum Gasteiger partial charge on any atom is 0.262 e. The summed E-state index contributed by atoms with van der Waals surface area (Å²) in [4.78, 5) is 19.4. The van der Waals surface area contributed by atoms with Gasteiger partial charge in [0.25, 0.3) is 5.91 Å². The van der Waals surface area contributed by atoms with Crippen molar-refractivity contribution in [1.29, 1.82) is 0 Å². The summed E-state index contributed by atoms with van der Waals surface area (Å²) in [7, 11) is 0. The largest absolute Gasteiger partial charge is 0.481 e. The quantitative estimate of drug-likeness (QED) is 0.673. The fourth-order valence-corrected chi connectivity index (χ4v) is 3.54. The van der Waals surface area contributed by atoms with E-state index in [2.05, 4.69) is 16.3 Å². The number of rotatable bonds is 5. The number of carbonyl (C=O) groups excluding carboxylic acids is 1. The second kappa shape index (κ2) is 8.07. The van der Waals surface area contributed by atoms with Gasteiger partial charge < -0.3 is 15.0 Å². The van der Waals surface area contributed by atoms with Crippen molar-refractivity contribution < 1.29 is 9.53 Å². The van der Waals surface area contributed by atoms with E-state index in [4.69, 9.17) is 21.3 Å². The summed E-state index contributed by atoms with van der Waals surface area (Å²) in [6.45, 7) is 3.88. The van der Waals surface area contributed by atoms with Crippen LogP contribution in [0.3, 0.4) is 0 Å². The number of carbonyl (C=O) groups is 1. The third-order valence-corrected chi connectivity index (χ3v) is 5.32. The van der Waals surface area contributed by atoms with Gasteiger partial charge in [-0.05, 0) is 55.7 Å². The second-order valence-corrected chi connectivity index (χ2v) is 7.40. The molecule has 0 bridgehead atoms. The first-order chi connectivity index (χ1) is 13.6. The fraction of sp³-hybridized carbons (Fsp3) is 0.273. The average molecular weight is 396 g/mol. The number of pyridine rings is 1. The van der Waals surface area contributed by atoms with Crippen molar-refractivity contribution in [3.63, 3.8) is 0 Å². The predicted molar refractivity (Wildman–Crippen MR) is 114 cm³/mol. The molecule has 1 aromatic heterocycles. The molecule has 1 saturated heterocycles. The highest BCUT2D eigenvalue weighted by Crippen LogP contribution is 2.28. The van der Waals surface area contributed by atoms with E-state index in [-0.39, 0.29) is 12.5 Å². The number of hydrogen-bond donors (Lipinski definition) is 1. The third kappa shape index (κ3) is 4.04. The smallest absolute Gasteiger partial charge is 0.262 e. The summed E-state index contributed by atoms with van der Waals surface area (Å²) in [6, 6.07) is 15.3. The Kier molecular flexibility index (Phi) is 5.35. The molecule has 0 aliphatic carbocycles. The van der Waals surface area contributed by atoms with E-state index in [9.17, 15) is 4.79 Å². The lowest BCUT2D eigenvalue weighted by atomic mass is 10.2. The Hall–Kier alpha value is -2.79. The maximum atomic E-state index is 12.3. The summed E-state index contributed by atoms with van der Waals surface area (Å²) in [5.74, 6) is 1.32. The van der Waals surface area contributed by atoms with Crippen LogP contribution in [-0.4, -0.2) is 30.6 Å². The number of para-hydroxylation sites is 1. The number of halogens is 1. The van der Waals surface area contributed by atoms with Crippen LogP contribution in [-0.2, 0) is 4.79 Å². The molecule has 1 N–H and O–H groups in total. The Balaban J connectivity index is 1.48. The number of anilines is 2. The van der Waals surface area contributed by atoms with E-state index >= 15 is 0 Å². The van der Waals surface area contributed by atoms with Crippen molar-refractivity contribution in [2.75, 3.05) is 29.9 Å². The lowest BCUT2D eigenvalue weighted by Crippen LogP contribution is -2.20. The zero-order chi connectivity index (χ0) is 19.5. The topological polar surface area (TPSA) is 54.5 Å². The van der Waals surface area contributed by atoms with Crippen molar-refractivity contribution in [3.8, 4) is 5.75 Å². The molecule has 5 nitrogen and oxygen atoms in total. The molecule has 0 unspecified atom stereocenters. The molecule has 2 heterocycles. The molecule has 2 aromatic carbocycles. The molecule has 144 valence electrons. The van der Waals surface area contributed by atoms with Gasteiger partial charge >= 0.3 is 0 Å². The lowest BCUT2D eigenvalue weighted by molar-refractivity contribution is -0.118. The van der Waals surface area contributed by atoms with Crippen LogP contribution in [0.4, 0.5) is 11.5 Å². The SMILES string of the molecule is Cc1ccc(NC(=O)COc2cccc3ccc(N4CCCC4)nc23)cc1Cl. The van der Waals surface area contributed by atoms with Crippen LogP contribution in [0, 0.1) is 6.92 Å². The number of fused-ring (bicyclic) bond motifs is 1. The van der Waals surface area contributed by atoms with Gasteiger partial charge in [0.05, 0.1) is 0 Å². The third-order valence-electron chi connectivity index (χ3n) is 4.91. The Labute approximate surface area is 169 Å². The fourth-order valence-electron chi connectivity index (χ4n) is 3.36. The van der Waals surface area contributed by atoms with E-state index in [1.807, 2.05) is 43.3 Å². The summed E-state index contributed by atoms with van der Waals surface area (Å²) in [6.07, 6.45) is 2.39. The minimum Gasteiger partial charge on any atom is -0.481 e. The van der Waals surface area contributed by atoms with Crippen LogP contribution in [0.2, 0.25) is 5.02 Å². The molecule has 0 saturated carbocycles. The number of benzene rings is 2. The van der Waals surface area contributed by atoms with E-state index < -0.39 is 0 Å². The van der Waals surface area contributed by atoms with Gasteiger partial charge in [0, 0.05) is 29.2 Å². The molecule has 0 radical (unpaired) electrons. The molecular formula is C22H22ClN3O2. The standard InChI is InChI=1S/C22H22ClN3O2/c1-15-7-9-17(13-18(15)23)24-21(27)14-28-19-6-4-5-16-8-10-20(25-22(16)19)26-11-2-3-12-26/h4-10,13H,2-3,11-12,14H2,1H3,(H,24,27). The van der Waals surface area contributed by atoms with E-state index in [1.165, 1.54) is 12.8 Å². The molecule has 28 heavy (non-hydrogen) atoms. The molecule has 0 atom stereocenters. The molecule has 4 rings (SSSR count). The zero-order valence-corrected chi connectivity index (χ0v) is 16.5. The van der Waals surface area contributed by atoms with E-state index in [0.717, 1.165) is 35.4 Å². The van der Waals surface area contributed by atoms with Crippen LogP contribution in [0.25, 0.3) is 10.9 Å². The summed E-state index contributed by atoms with van der Waals surface area (Å²) in [5, 5.41) is 4.42. The van der Waals surface area contributed by atoms with Gasteiger partial charge in [-0.3, -0.25) is 4.79 Å². The van der Waals surface area contributed by atoms with Gasteiger partial charge in [-0.25, -0.2) is 4.98 Å². The predicted octanol–water partition coefficient (Wildman–Crippen LogP) is 4.81. The molecule has 0 spiro atoms. The summed E-state index contributed by atoms with van der Waals surface area (Å²) < 4.78 is 5.80. The number of hydrogen-bond acceptors (Lipinski definition) is 4. The average Bonchev–Trinajstić information content (AvgIpc) is 3.23. The maximum absolute atomic E-state index is 12.3. The monoisotopic (exact) mass is 395 g/mol. The number of aryl methyl sites for hydroxylation is 1. The molecule has 3 aromatic rings. The van der Waals surface area contributed by atoms with Gasteiger partial charge in [0.2, 0.25) is 0 Å². The number of nitrogens with zero attached hydrogens (tertiary/aromatic N) is 2. The number of nitrogens with one attached hydrogen (secondary N) is 1. The first kappa shape index (κ1) is 18.6. The molecule has 6 heteroatoms. The zero-order valence-electron chi connectivity index (χ0n) is 15.7. The Bertz CT molecular complexity index is 1020. The van der Waals surface area contributed by atoms with E-state index in [1.54, 1.807) is 6.07 Å². The molecule has 1 amide bonds. The van der Waals surface area contributed by atoms with Gasteiger partial charge in [-0.15, -0.1) is 0 Å². The summed E-state index contributed by atoms with van der Waals surface area (Å²) in [5.41, 5.74) is 2.39. The van der Waals surface area contributed by atoms with Gasteiger partial charge in [0.15, 0.2) is 6.61 Å².